The van der Waals surface area contributed by atoms with Crippen LogP contribution in [0.1, 0.15) is 12.8 Å². The molecule has 2 rings (SSSR count). The molecule has 0 bridgehead atoms. The maximum Gasteiger partial charge on any atom is 0.248 e. The molecule has 2 fully saturated rings. The maximum atomic E-state index is 12.7. The predicted octanol–water partition coefficient (Wildman–Crippen LogP) is -0.708. The van der Waals surface area contributed by atoms with Gasteiger partial charge in [0.05, 0.1) is 6.07 Å². The number of carbonyl (C=O) groups excluding carboxylic acids is 2. The van der Waals surface area contributed by atoms with Crippen molar-refractivity contribution in [2.24, 2.45) is 0 Å². The Balaban J connectivity index is 2.07. The molecular formula is C14H22N4O3. The fourth-order valence-electron chi connectivity index (χ4n) is 3.22. The zero-order valence-electron chi connectivity index (χ0n) is 12.7. The predicted molar refractivity (Wildman–Crippen MR) is 75.2 cm³/mol. The second-order valence-electron chi connectivity index (χ2n) is 5.65. The van der Waals surface area contributed by atoms with E-state index in [4.69, 9.17) is 10.00 Å². The average Bonchev–Trinajstić information content (AvgIpc) is 2.49. The molecule has 0 radical (unpaired) electrons. The normalized spacial score (nSPS) is 22.4. The van der Waals surface area contributed by atoms with Gasteiger partial charge in [-0.2, -0.15) is 5.26 Å². The van der Waals surface area contributed by atoms with Crippen molar-refractivity contribution >= 4 is 11.8 Å². The van der Waals surface area contributed by atoms with Gasteiger partial charge in [-0.15, -0.1) is 0 Å². The summed E-state index contributed by atoms with van der Waals surface area (Å²) >= 11 is 0. The van der Waals surface area contributed by atoms with Gasteiger partial charge in [-0.05, 0) is 19.9 Å². The number of likely N-dealkylation sites (N-methyl/N-ethyl adjacent to an activating group) is 1. The van der Waals surface area contributed by atoms with E-state index in [-0.39, 0.29) is 25.0 Å². The number of nitriles is 1. The van der Waals surface area contributed by atoms with E-state index in [0.717, 1.165) is 6.54 Å². The first-order chi connectivity index (χ1) is 10.0. The number of ether oxygens (including phenoxy) is 1. The minimum Gasteiger partial charge on any atom is -0.375 e. The van der Waals surface area contributed by atoms with Crippen molar-refractivity contribution < 1.29 is 14.3 Å². The van der Waals surface area contributed by atoms with Crippen molar-refractivity contribution in [1.82, 2.24) is 14.7 Å². The van der Waals surface area contributed by atoms with Crippen LogP contribution in [0.3, 0.4) is 0 Å². The van der Waals surface area contributed by atoms with Crippen LogP contribution in [-0.2, 0) is 14.3 Å². The quantitative estimate of drug-likeness (QED) is 0.643. The zero-order valence-corrected chi connectivity index (χ0v) is 12.7. The topological polar surface area (TPSA) is 76.9 Å². The number of carbonyl (C=O) groups is 2. The van der Waals surface area contributed by atoms with Gasteiger partial charge in [0, 0.05) is 33.3 Å². The fraction of sp³-hybridized carbons (Fsp3) is 0.786. The van der Waals surface area contributed by atoms with Crippen LogP contribution in [0.25, 0.3) is 0 Å². The maximum absolute atomic E-state index is 12.7. The number of methoxy groups -OCH3 is 1. The lowest BCUT2D eigenvalue weighted by molar-refractivity contribution is -0.156. The summed E-state index contributed by atoms with van der Waals surface area (Å²) in [7, 11) is 3.45. The highest BCUT2D eigenvalue weighted by Crippen LogP contribution is 2.32. The number of hydrogen-bond acceptors (Lipinski definition) is 5. The molecule has 2 heterocycles. The van der Waals surface area contributed by atoms with Gasteiger partial charge in [0.15, 0.2) is 0 Å². The number of hydrogen-bond donors (Lipinski definition) is 0. The van der Waals surface area contributed by atoms with E-state index < -0.39 is 5.54 Å². The molecule has 2 saturated heterocycles. The van der Waals surface area contributed by atoms with Gasteiger partial charge in [-0.1, -0.05) is 0 Å². The molecule has 116 valence electrons. The van der Waals surface area contributed by atoms with E-state index in [9.17, 15) is 9.59 Å². The molecule has 2 amide bonds. The molecule has 2 aliphatic heterocycles. The summed E-state index contributed by atoms with van der Waals surface area (Å²) < 4.78 is 4.87. The van der Waals surface area contributed by atoms with E-state index in [2.05, 4.69) is 11.0 Å². The molecular weight excluding hydrogens is 272 g/mol. The Morgan fingerprint density at radius 1 is 1.33 bits per heavy atom. The van der Waals surface area contributed by atoms with Crippen molar-refractivity contribution in [2.45, 2.75) is 18.4 Å². The van der Waals surface area contributed by atoms with Gasteiger partial charge in [-0.3, -0.25) is 14.5 Å². The zero-order chi connectivity index (χ0) is 15.5. The standard InChI is InChI=1S/C14H22N4O3/c1-16-9-10-18(8-5-15)13(20)14(16)3-6-17(7-4-14)12(19)11-21-2/h3-4,6-11H2,1-2H3. The molecule has 0 N–H and O–H groups in total. The average molecular weight is 294 g/mol. The van der Waals surface area contributed by atoms with Crippen LogP contribution in [0.5, 0.6) is 0 Å². The van der Waals surface area contributed by atoms with Crippen molar-refractivity contribution in [3.63, 3.8) is 0 Å². The SMILES string of the molecule is COCC(=O)N1CCC2(CC1)C(=O)N(CC#N)CCN2C. The smallest absolute Gasteiger partial charge is 0.248 e. The van der Waals surface area contributed by atoms with Gasteiger partial charge in [0.25, 0.3) is 0 Å². The highest BCUT2D eigenvalue weighted by atomic mass is 16.5. The fourth-order valence-corrected chi connectivity index (χ4v) is 3.22. The lowest BCUT2D eigenvalue weighted by Crippen LogP contribution is -2.68. The second kappa shape index (κ2) is 6.41. The minimum atomic E-state index is -0.557. The van der Waals surface area contributed by atoms with Crippen molar-refractivity contribution in [2.75, 3.05) is 53.5 Å². The molecule has 21 heavy (non-hydrogen) atoms. The lowest BCUT2D eigenvalue weighted by Gasteiger charge is -2.51. The van der Waals surface area contributed by atoms with Crippen LogP contribution in [0.4, 0.5) is 0 Å². The third kappa shape index (κ3) is 2.87. The first-order valence-corrected chi connectivity index (χ1v) is 7.19. The van der Waals surface area contributed by atoms with Crippen LogP contribution in [0, 0.1) is 11.3 Å². The summed E-state index contributed by atoms with van der Waals surface area (Å²) in [5, 5.41) is 8.84. The van der Waals surface area contributed by atoms with E-state index in [0.29, 0.717) is 32.5 Å². The molecule has 0 aromatic rings. The number of piperidine rings is 1. The summed E-state index contributed by atoms with van der Waals surface area (Å²) in [6, 6.07) is 2.05. The molecule has 0 aromatic heterocycles. The third-order valence-corrected chi connectivity index (χ3v) is 4.59. The van der Waals surface area contributed by atoms with Crippen molar-refractivity contribution in [3.05, 3.63) is 0 Å². The largest absolute Gasteiger partial charge is 0.375 e. The Labute approximate surface area is 125 Å². The number of likely N-dealkylation sites (tertiary alicyclic amines) is 1. The van der Waals surface area contributed by atoms with E-state index in [1.54, 1.807) is 9.80 Å². The van der Waals surface area contributed by atoms with Crippen LogP contribution < -0.4 is 0 Å². The summed E-state index contributed by atoms with van der Waals surface area (Å²) in [6.07, 6.45) is 1.22. The molecule has 0 saturated carbocycles. The van der Waals surface area contributed by atoms with Crippen molar-refractivity contribution in [1.29, 1.82) is 5.26 Å². The Hall–Kier alpha value is -1.65. The summed E-state index contributed by atoms with van der Waals surface area (Å²) in [6.45, 7) is 2.69. The van der Waals surface area contributed by atoms with Crippen LogP contribution >= 0.6 is 0 Å². The van der Waals surface area contributed by atoms with Crippen molar-refractivity contribution in [3.8, 4) is 6.07 Å². The number of rotatable bonds is 3. The molecule has 0 atom stereocenters. The highest BCUT2D eigenvalue weighted by Gasteiger charge is 2.49. The molecule has 7 heteroatoms. The summed E-state index contributed by atoms with van der Waals surface area (Å²) in [5.41, 5.74) is -0.557. The van der Waals surface area contributed by atoms with Crippen LogP contribution in [0.15, 0.2) is 0 Å². The third-order valence-electron chi connectivity index (χ3n) is 4.59. The van der Waals surface area contributed by atoms with Gasteiger partial charge in [0.1, 0.15) is 18.7 Å². The number of amides is 2. The van der Waals surface area contributed by atoms with E-state index >= 15 is 0 Å². The van der Waals surface area contributed by atoms with Crippen LogP contribution in [-0.4, -0.2) is 85.5 Å². The Morgan fingerprint density at radius 3 is 2.57 bits per heavy atom. The second-order valence-corrected chi connectivity index (χ2v) is 5.65. The summed E-state index contributed by atoms with van der Waals surface area (Å²) in [4.78, 5) is 30.0. The molecule has 0 aromatic carbocycles. The monoisotopic (exact) mass is 294 g/mol. The molecule has 1 spiro atoms. The minimum absolute atomic E-state index is 0.0247. The van der Waals surface area contributed by atoms with E-state index in [1.807, 2.05) is 7.05 Å². The molecule has 0 aliphatic carbocycles. The number of nitrogens with zero attached hydrogens (tertiary/aromatic N) is 4. The Bertz CT molecular complexity index is 452. The molecule has 0 unspecified atom stereocenters. The summed E-state index contributed by atoms with van der Waals surface area (Å²) in [5.74, 6) is -0.0104. The molecule has 7 nitrogen and oxygen atoms in total. The first-order valence-electron chi connectivity index (χ1n) is 7.19. The Kier molecular flexibility index (Phi) is 4.80. The van der Waals surface area contributed by atoms with E-state index in [1.165, 1.54) is 7.11 Å². The first kappa shape index (κ1) is 15.7. The van der Waals surface area contributed by atoms with Gasteiger partial charge in [-0.25, -0.2) is 0 Å². The van der Waals surface area contributed by atoms with Gasteiger partial charge in [0.2, 0.25) is 11.8 Å². The lowest BCUT2D eigenvalue weighted by atomic mass is 9.82. The molecule has 2 aliphatic rings. The number of piperazine rings is 1. The van der Waals surface area contributed by atoms with Gasteiger partial charge < -0.3 is 14.5 Å². The van der Waals surface area contributed by atoms with Crippen LogP contribution in [0.2, 0.25) is 0 Å². The Morgan fingerprint density at radius 2 is 2.00 bits per heavy atom. The highest BCUT2D eigenvalue weighted by molar-refractivity contribution is 5.88. The van der Waals surface area contributed by atoms with Gasteiger partial charge >= 0.3 is 0 Å².